The van der Waals surface area contributed by atoms with Gasteiger partial charge < -0.3 is 10.1 Å². The van der Waals surface area contributed by atoms with Crippen LogP contribution in [0.15, 0.2) is 96.0 Å². The summed E-state index contributed by atoms with van der Waals surface area (Å²) in [6, 6.07) is 22.5. The highest BCUT2D eigenvalue weighted by molar-refractivity contribution is 7.89. The van der Waals surface area contributed by atoms with Gasteiger partial charge in [0, 0.05) is 17.3 Å². The number of carbonyl (C=O) groups is 2. The summed E-state index contributed by atoms with van der Waals surface area (Å²) in [5, 5.41) is 3.40. The van der Waals surface area contributed by atoms with E-state index in [9.17, 15) is 18.0 Å². The Morgan fingerprint density at radius 2 is 1.63 bits per heavy atom. The zero-order chi connectivity index (χ0) is 24.8. The lowest BCUT2D eigenvalue weighted by molar-refractivity contribution is -0.117. The van der Waals surface area contributed by atoms with Crippen LogP contribution in [0, 0.1) is 0 Å². The molecule has 1 atom stereocenters. The molecular weight excluding hydrogens is 466 g/mol. The van der Waals surface area contributed by atoms with Crippen molar-refractivity contribution < 1.29 is 22.7 Å². The number of fused-ring (bicyclic) bond motifs is 1. The monoisotopic (exact) mass is 489 g/mol. The van der Waals surface area contributed by atoms with E-state index in [1.165, 1.54) is 31.5 Å². The largest absolute Gasteiger partial charge is 0.465 e. The molecule has 3 aromatic carbocycles. The summed E-state index contributed by atoms with van der Waals surface area (Å²) in [4.78, 5) is 29.1. The molecule has 0 aliphatic heterocycles. The van der Waals surface area contributed by atoms with Crippen molar-refractivity contribution in [3.8, 4) is 0 Å². The predicted molar refractivity (Wildman–Crippen MR) is 132 cm³/mol. The number of nitrogens with one attached hydrogen (secondary N) is 2. The summed E-state index contributed by atoms with van der Waals surface area (Å²) in [6.07, 6.45) is 1.65. The number of anilines is 1. The van der Waals surface area contributed by atoms with Gasteiger partial charge in [-0.15, -0.1) is 0 Å². The summed E-state index contributed by atoms with van der Waals surface area (Å²) in [6.45, 7) is 0. The number of benzene rings is 3. The number of pyridine rings is 1. The number of hydrogen-bond donors (Lipinski definition) is 2. The SMILES string of the molecule is COC(=O)c1ccc(NC(=O)[C@@H](Cc2ccccc2)NS(=O)(=O)c2cccc3cccnc23)cc1. The lowest BCUT2D eigenvalue weighted by Crippen LogP contribution is -2.45. The van der Waals surface area contributed by atoms with E-state index in [1.807, 2.05) is 30.3 Å². The molecule has 0 fully saturated rings. The zero-order valence-corrected chi connectivity index (χ0v) is 19.7. The Morgan fingerprint density at radius 3 is 2.34 bits per heavy atom. The normalized spacial score (nSPS) is 12.1. The summed E-state index contributed by atoms with van der Waals surface area (Å²) in [7, 11) is -2.82. The first-order valence-electron chi connectivity index (χ1n) is 10.8. The van der Waals surface area contributed by atoms with Crippen LogP contribution in [0.2, 0.25) is 0 Å². The number of carbonyl (C=O) groups excluding carboxylic acids is 2. The summed E-state index contributed by atoms with van der Waals surface area (Å²) < 4.78 is 34.0. The number of para-hydroxylation sites is 1. The van der Waals surface area contributed by atoms with E-state index >= 15 is 0 Å². The molecule has 0 radical (unpaired) electrons. The Balaban J connectivity index is 1.62. The fourth-order valence-electron chi connectivity index (χ4n) is 3.62. The van der Waals surface area contributed by atoms with Gasteiger partial charge in [0.2, 0.25) is 15.9 Å². The number of sulfonamides is 1. The van der Waals surface area contributed by atoms with Crippen LogP contribution in [0.5, 0.6) is 0 Å². The van der Waals surface area contributed by atoms with E-state index in [2.05, 4.69) is 19.8 Å². The molecule has 0 saturated carbocycles. The molecule has 0 saturated heterocycles. The molecule has 4 rings (SSSR count). The maximum absolute atomic E-state index is 13.4. The van der Waals surface area contributed by atoms with Gasteiger partial charge in [0.25, 0.3) is 0 Å². The predicted octanol–water partition coefficient (Wildman–Crippen LogP) is 3.55. The molecule has 1 amide bonds. The van der Waals surface area contributed by atoms with Crippen molar-refractivity contribution in [1.82, 2.24) is 9.71 Å². The quantitative estimate of drug-likeness (QED) is 0.366. The van der Waals surface area contributed by atoms with E-state index in [0.29, 0.717) is 22.2 Å². The van der Waals surface area contributed by atoms with Gasteiger partial charge in [-0.05, 0) is 48.4 Å². The molecule has 2 N–H and O–H groups in total. The number of amides is 1. The van der Waals surface area contributed by atoms with Gasteiger partial charge in [-0.1, -0.05) is 48.5 Å². The number of aromatic nitrogens is 1. The van der Waals surface area contributed by atoms with E-state index < -0.39 is 27.9 Å². The Labute approximate surface area is 203 Å². The van der Waals surface area contributed by atoms with E-state index in [0.717, 1.165) is 5.56 Å². The first-order valence-corrected chi connectivity index (χ1v) is 12.2. The maximum Gasteiger partial charge on any atom is 0.337 e. The Hall–Kier alpha value is -4.08. The number of hydrogen-bond acceptors (Lipinski definition) is 6. The van der Waals surface area contributed by atoms with E-state index in [-0.39, 0.29) is 11.3 Å². The summed E-state index contributed by atoms with van der Waals surface area (Å²) in [5.41, 5.74) is 1.84. The van der Waals surface area contributed by atoms with Crippen LogP contribution in [0.3, 0.4) is 0 Å². The average molecular weight is 490 g/mol. The van der Waals surface area contributed by atoms with Gasteiger partial charge >= 0.3 is 5.97 Å². The fraction of sp³-hybridized carbons (Fsp3) is 0.115. The van der Waals surface area contributed by atoms with Crippen LogP contribution in [0.1, 0.15) is 15.9 Å². The Kier molecular flexibility index (Phi) is 7.19. The van der Waals surface area contributed by atoms with Crippen molar-refractivity contribution in [2.24, 2.45) is 0 Å². The van der Waals surface area contributed by atoms with Gasteiger partial charge in [0.15, 0.2) is 0 Å². The second-order valence-corrected chi connectivity index (χ2v) is 9.44. The number of nitrogens with zero attached hydrogens (tertiary/aromatic N) is 1. The van der Waals surface area contributed by atoms with Crippen molar-refractivity contribution in [2.75, 3.05) is 12.4 Å². The van der Waals surface area contributed by atoms with Crippen molar-refractivity contribution in [2.45, 2.75) is 17.4 Å². The third kappa shape index (κ3) is 5.71. The van der Waals surface area contributed by atoms with Crippen molar-refractivity contribution in [1.29, 1.82) is 0 Å². The summed E-state index contributed by atoms with van der Waals surface area (Å²) in [5.74, 6) is -1.04. The van der Waals surface area contributed by atoms with Crippen LogP contribution < -0.4 is 10.0 Å². The molecule has 0 aliphatic rings. The maximum atomic E-state index is 13.4. The van der Waals surface area contributed by atoms with E-state index in [1.54, 1.807) is 36.4 Å². The van der Waals surface area contributed by atoms with Gasteiger partial charge in [0.05, 0.1) is 18.2 Å². The number of esters is 1. The molecule has 178 valence electrons. The van der Waals surface area contributed by atoms with E-state index in [4.69, 9.17) is 0 Å². The highest BCUT2D eigenvalue weighted by Gasteiger charge is 2.28. The third-order valence-electron chi connectivity index (χ3n) is 5.36. The fourth-order valence-corrected chi connectivity index (χ4v) is 4.99. The minimum atomic E-state index is -4.10. The molecule has 0 spiro atoms. The molecule has 1 aromatic heterocycles. The zero-order valence-electron chi connectivity index (χ0n) is 18.8. The molecule has 0 bridgehead atoms. The molecule has 9 heteroatoms. The second kappa shape index (κ2) is 10.5. The van der Waals surface area contributed by atoms with Crippen LogP contribution in [-0.4, -0.2) is 38.4 Å². The smallest absolute Gasteiger partial charge is 0.337 e. The lowest BCUT2D eigenvalue weighted by Gasteiger charge is -2.19. The lowest BCUT2D eigenvalue weighted by atomic mass is 10.1. The highest BCUT2D eigenvalue weighted by Crippen LogP contribution is 2.21. The first-order chi connectivity index (χ1) is 16.9. The molecular formula is C26H23N3O5S. The van der Waals surface area contributed by atoms with Crippen LogP contribution in [0.25, 0.3) is 10.9 Å². The van der Waals surface area contributed by atoms with Crippen molar-refractivity contribution in [3.63, 3.8) is 0 Å². The molecule has 8 nitrogen and oxygen atoms in total. The molecule has 4 aromatic rings. The minimum Gasteiger partial charge on any atom is -0.465 e. The Bertz CT molecular complexity index is 1450. The van der Waals surface area contributed by atoms with Gasteiger partial charge in [0.1, 0.15) is 10.9 Å². The third-order valence-corrected chi connectivity index (χ3v) is 6.86. The standard InChI is InChI=1S/C26H23N3O5S/c1-34-26(31)20-12-14-21(15-13-20)28-25(30)22(17-18-7-3-2-4-8-18)29-35(32,33)23-11-5-9-19-10-6-16-27-24(19)23/h2-16,22,29H,17H2,1H3,(H,28,30)/t22-/m1/s1. The van der Waals surface area contributed by atoms with Crippen LogP contribution >= 0.6 is 0 Å². The molecule has 1 heterocycles. The number of ether oxygens (including phenoxy) is 1. The minimum absolute atomic E-state index is 0.0103. The molecule has 0 unspecified atom stereocenters. The molecule has 0 aliphatic carbocycles. The highest BCUT2D eigenvalue weighted by atomic mass is 32.2. The van der Waals surface area contributed by atoms with Crippen molar-refractivity contribution in [3.05, 3.63) is 102 Å². The molecule has 35 heavy (non-hydrogen) atoms. The number of rotatable bonds is 8. The topological polar surface area (TPSA) is 114 Å². The van der Waals surface area contributed by atoms with Crippen molar-refractivity contribution >= 4 is 38.5 Å². The second-order valence-electron chi connectivity index (χ2n) is 7.75. The Morgan fingerprint density at radius 1 is 0.914 bits per heavy atom. The van der Waals surface area contributed by atoms with Gasteiger partial charge in [-0.3, -0.25) is 9.78 Å². The summed E-state index contributed by atoms with van der Waals surface area (Å²) >= 11 is 0. The van der Waals surface area contributed by atoms with Gasteiger partial charge in [-0.2, -0.15) is 4.72 Å². The van der Waals surface area contributed by atoms with Gasteiger partial charge in [-0.25, -0.2) is 13.2 Å². The first kappa shape index (κ1) is 24.1. The van der Waals surface area contributed by atoms with Crippen LogP contribution in [-0.2, 0) is 26.0 Å². The average Bonchev–Trinajstić information content (AvgIpc) is 2.88. The van der Waals surface area contributed by atoms with Crippen LogP contribution in [0.4, 0.5) is 5.69 Å². The number of methoxy groups -OCH3 is 1.